The molecule has 19 heavy (non-hydrogen) atoms. The molecule has 1 rings (SSSR count). The van der Waals surface area contributed by atoms with Crippen LogP contribution in [0.25, 0.3) is 0 Å². The van der Waals surface area contributed by atoms with E-state index >= 15 is 0 Å². The summed E-state index contributed by atoms with van der Waals surface area (Å²) in [6.45, 7) is 6.32. The molecule has 0 saturated heterocycles. The van der Waals surface area contributed by atoms with Gasteiger partial charge in [0.1, 0.15) is 0 Å². The maximum absolute atomic E-state index is 12.0. The monoisotopic (exact) mass is 270 g/mol. The van der Waals surface area contributed by atoms with Gasteiger partial charge in [0.05, 0.1) is 5.92 Å². The van der Waals surface area contributed by atoms with Gasteiger partial charge < -0.3 is 15.3 Å². The largest absolute Gasteiger partial charge is 0.481 e. The standard InChI is InChI=1S/C14H26N2O3/c1-9-5-6-12(7-10(9)2)15-14(19)16(4)8-11(3)13(17)18/h9-12H,5-8H2,1-4H3,(H,15,19)(H,17,18). The number of nitrogens with zero attached hydrogens (tertiary/aromatic N) is 1. The molecule has 0 aromatic rings. The van der Waals surface area contributed by atoms with Crippen LogP contribution in [0, 0.1) is 17.8 Å². The Morgan fingerprint density at radius 3 is 2.47 bits per heavy atom. The van der Waals surface area contributed by atoms with Crippen LogP contribution in [0.3, 0.4) is 0 Å². The minimum Gasteiger partial charge on any atom is -0.481 e. The normalized spacial score (nSPS) is 28.5. The first-order valence-corrected chi connectivity index (χ1v) is 7.05. The third kappa shape index (κ3) is 4.73. The summed E-state index contributed by atoms with van der Waals surface area (Å²) in [6.07, 6.45) is 3.16. The molecular weight excluding hydrogens is 244 g/mol. The lowest BCUT2D eigenvalue weighted by Crippen LogP contribution is -2.47. The lowest BCUT2D eigenvalue weighted by Gasteiger charge is -2.33. The van der Waals surface area contributed by atoms with Crippen LogP contribution in [0.5, 0.6) is 0 Å². The summed E-state index contributed by atoms with van der Waals surface area (Å²) in [5, 5.41) is 11.8. The fraction of sp³-hybridized carbons (Fsp3) is 0.857. The number of amides is 2. The summed E-state index contributed by atoms with van der Waals surface area (Å²) in [6, 6.07) is 0.0566. The molecule has 0 bridgehead atoms. The number of urea groups is 1. The van der Waals surface area contributed by atoms with Gasteiger partial charge in [-0.05, 0) is 31.1 Å². The first-order valence-electron chi connectivity index (χ1n) is 7.05. The second-order valence-electron chi connectivity index (χ2n) is 6.03. The Bertz CT molecular complexity index is 333. The number of carbonyl (C=O) groups is 2. The van der Waals surface area contributed by atoms with Crippen molar-refractivity contribution in [2.45, 2.75) is 46.1 Å². The van der Waals surface area contributed by atoms with Gasteiger partial charge in [-0.2, -0.15) is 0 Å². The fourth-order valence-electron chi connectivity index (χ4n) is 2.54. The Labute approximate surface area is 115 Å². The summed E-state index contributed by atoms with van der Waals surface area (Å²) < 4.78 is 0. The van der Waals surface area contributed by atoms with E-state index in [2.05, 4.69) is 19.2 Å². The quantitative estimate of drug-likeness (QED) is 0.822. The van der Waals surface area contributed by atoms with E-state index in [4.69, 9.17) is 5.11 Å². The van der Waals surface area contributed by atoms with E-state index in [1.165, 1.54) is 4.90 Å². The first kappa shape index (κ1) is 15.8. The van der Waals surface area contributed by atoms with Crippen molar-refractivity contribution in [2.75, 3.05) is 13.6 Å². The predicted molar refractivity (Wildman–Crippen MR) is 73.9 cm³/mol. The molecule has 0 aromatic carbocycles. The van der Waals surface area contributed by atoms with Crippen LogP contribution in [0.4, 0.5) is 4.79 Å². The minimum absolute atomic E-state index is 0.167. The van der Waals surface area contributed by atoms with Crippen LogP contribution >= 0.6 is 0 Å². The number of carbonyl (C=O) groups excluding carboxylic acids is 1. The summed E-state index contributed by atoms with van der Waals surface area (Å²) in [5.41, 5.74) is 0. The topological polar surface area (TPSA) is 69.6 Å². The molecule has 0 aromatic heterocycles. The zero-order valence-electron chi connectivity index (χ0n) is 12.3. The molecule has 0 spiro atoms. The van der Waals surface area contributed by atoms with Crippen molar-refractivity contribution in [2.24, 2.45) is 17.8 Å². The van der Waals surface area contributed by atoms with E-state index in [1.54, 1.807) is 14.0 Å². The number of hydrogen-bond donors (Lipinski definition) is 2. The first-order chi connectivity index (χ1) is 8.81. The molecule has 4 atom stereocenters. The summed E-state index contributed by atoms with van der Waals surface area (Å²) in [4.78, 5) is 24.2. The highest BCUT2D eigenvalue weighted by molar-refractivity contribution is 5.76. The van der Waals surface area contributed by atoms with Gasteiger partial charge in [0, 0.05) is 19.6 Å². The number of aliphatic carboxylic acids is 1. The minimum atomic E-state index is -0.875. The Balaban J connectivity index is 2.40. The molecule has 0 aliphatic heterocycles. The Hall–Kier alpha value is -1.26. The van der Waals surface area contributed by atoms with Gasteiger partial charge in [0.15, 0.2) is 0 Å². The average Bonchev–Trinajstić information content (AvgIpc) is 2.33. The van der Waals surface area contributed by atoms with Gasteiger partial charge in [-0.15, -0.1) is 0 Å². The van der Waals surface area contributed by atoms with Gasteiger partial charge in [0.2, 0.25) is 0 Å². The lowest BCUT2D eigenvalue weighted by molar-refractivity contribution is -0.141. The van der Waals surface area contributed by atoms with E-state index in [0.29, 0.717) is 5.92 Å². The molecule has 1 aliphatic rings. The van der Waals surface area contributed by atoms with Crippen LogP contribution in [0.1, 0.15) is 40.0 Å². The third-order valence-electron chi connectivity index (χ3n) is 4.24. The van der Waals surface area contributed by atoms with E-state index < -0.39 is 11.9 Å². The van der Waals surface area contributed by atoms with E-state index in [9.17, 15) is 9.59 Å². The van der Waals surface area contributed by atoms with Crippen LogP contribution < -0.4 is 5.32 Å². The lowest BCUT2D eigenvalue weighted by atomic mass is 9.79. The molecule has 1 fully saturated rings. The second-order valence-corrected chi connectivity index (χ2v) is 6.03. The molecule has 110 valence electrons. The van der Waals surface area contributed by atoms with Crippen LogP contribution in [-0.4, -0.2) is 41.6 Å². The van der Waals surface area contributed by atoms with Crippen molar-refractivity contribution in [1.29, 1.82) is 0 Å². The Morgan fingerprint density at radius 1 is 1.32 bits per heavy atom. The van der Waals surface area contributed by atoms with Gasteiger partial charge in [-0.25, -0.2) is 4.79 Å². The highest BCUT2D eigenvalue weighted by Crippen LogP contribution is 2.29. The summed E-state index contributed by atoms with van der Waals surface area (Å²) in [5.74, 6) is -0.0685. The number of nitrogens with one attached hydrogen (secondary N) is 1. The molecule has 5 heteroatoms. The van der Waals surface area contributed by atoms with Gasteiger partial charge >= 0.3 is 12.0 Å². The maximum Gasteiger partial charge on any atom is 0.317 e. The van der Waals surface area contributed by atoms with Crippen molar-refractivity contribution >= 4 is 12.0 Å². The zero-order chi connectivity index (χ0) is 14.6. The summed E-state index contributed by atoms with van der Waals surface area (Å²) in [7, 11) is 1.64. The number of hydrogen-bond acceptors (Lipinski definition) is 2. The van der Waals surface area contributed by atoms with Crippen LogP contribution in [0.15, 0.2) is 0 Å². The van der Waals surface area contributed by atoms with E-state index in [-0.39, 0.29) is 18.6 Å². The molecular formula is C14H26N2O3. The van der Waals surface area contributed by atoms with Crippen LogP contribution in [-0.2, 0) is 4.79 Å². The molecule has 1 aliphatic carbocycles. The van der Waals surface area contributed by atoms with Crippen molar-refractivity contribution in [1.82, 2.24) is 10.2 Å². The maximum atomic E-state index is 12.0. The van der Waals surface area contributed by atoms with Crippen molar-refractivity contribution in [3.63, 3.8) is 0 Å². The Morgan fingerprint density at radius 2 is 1.95 bits per heavy atom. The second kappa shape index (κ2) is 6.78. The molecule has 0 heterocycles. The molecule has 2 N–H and O–H groups in total. The fourth-order valence-corrected chi connectivity index (χ4v) is 2.54. The Kier molecular flexibility index (Phi) is 5.63. The molecule has 5 nitrogen and oxygen atoms in total. The number of rotatable bonds is 4. The van der Waals surface area contributed by atoms with Crippen molar-refractivity contribution < 1.29 is 14.7 Å². The van der Waals surface area contributed by atoms with Gasteiger partial charge in [0.25, 0.3) is 0 Å². The smallest absolute Gasteiger partial charge is 0.317 e. The highest BCUT2D eigenvalue weighted by atomic mass is 16.4. The average molecular weight is 270 g/mol. The molecule has 4 unspecified atom stereocenters. The van der Waals surface area contributed by atoms with Crippen LogP contribution in [0.2, 0.25) is 0 Å². The number of carboxylic acids is 1. The predicted octanol–water partition coefficient (Wildman–Crippen LogP) is 2.17. The van der Waals surface area contributed by atoms with E-state index in [0.717, 1.165) is 25.2 Å². The SMILES string of the molecule is CC(CN(C)C(=O)NC1CCC(C)C(C)C1)C(=O)O. The molecule has 0 radical (unpaired) electrons. The van der Waals surface area contributed by atoms with Gasteiger partial charge in [-0.3, -0.25) is 4.79 Å². The highest BCUT2D eigenvalue weighted by Gasteiger charge is 2.26. The molecule has 1 saturated carbocycles. The third-order valence-corrected chi connectivity index (χ3v) is 4.24. The van der Waals surface area contributed by atoms with E-state index in [1.807, 2.05) is 0 Å². The summed E-state index contributed by atoms with van der Waals surface area (Å²) >= 11 is 0. The van der Waals surface area contributed by atoms with Gasteiger partial charge in [-0.1, -0.05) is 20.8 Å². The van der Waals surface area contributed by atoms with Crippen molar-refractivity contribution in [3.05, 3.63) is 0 Å². The number of carboxylic acid groups (broad SMARTS) is 1. The van der Waals surface area contributed by atoms with Crippen molar-refractivity contribution in [3.8, 4) is 0 Å². The zero-order valence-corrected chi connectivity index (χ0v) is 12.3. The molecule has 2 amide bonds.